The molecule has 0 aromatic heterocycles. The van der Waals surface area contributed by atoms with Crippen molar-refractivity contribution in [3.05, 3.63) is 68.1 Å². The van der Waals surface area contributed by atoms with Crippen LogP contribution in [0.2, 0.25) is 10.0 Å². The molecule has 0 amide bonds. The molecule has 0 aliphatic rings. The van der Waals surface area contributed by atoms with Crippen LogP contribution >= 0.6 is 39.1 Å². The van der Waals surface area contributed by atoms with Gasteiger partial charge in [0, 0.05) is 25.6 Å². The van der Waals surface area contributed by atoms with Crippen molar-refractivity contribution >= 4 is 39.1 Å². The highest BCUT2D eigenvalue weighted by atomic mass is 79.9. The number of aliphatic hydroxyl groups excluding tert-OH is 1. The molecule has 0 heterocycles. The van der Waals surface area contributed by atoms with E-state index in [4.69, 9.17) is 23.2 Å². The van der Waals surface area contributed by atoms with Crippen molar-refractivity contribution in [2.24, 2.45) is 0 Å². The lowest BCUT2D eigenvalue weighted by molar-refractivity contribution is 0.219. The molecule has 88 valence electrons. The van der Waals surface area contributed by atoms with Gasteiger partial charge in [0.2, 0.25) is 0 Å². The highest BCUT2D eigenvalue weighted by molar-refractivity contribution is 9.10. The fraction of sp³-hybridized carbons (Fsp3) is 0.0769. The van der Waals surface area contributed by atoms with Gasteiger partial charge in [-0.25, -0.2) is 0 Å². The lowest BCUT2D eigenvalue weighted by atomic mass is 10.0. The second kappa shape index (κ2) is 5.40. The molecule has 0 fully saturated rings. The van der Waals surface area contributed by atoms with E-state index in [1.807, 2.05) is 12.1 Å². The molecule has 1 atom stereocenters. The smallest absolute Gasteiger partial charge is 0.107 e. The first-order valence-electron chi connectivity index (χ1n) is 4.97. The van der Waals surface area contributed by atoms with Crippen LogP contribution in [-0.4, -0.2) is 5.11 Å². The first-order valence-corrected chi connectivity index (χ1v) is 6.52. The molecular formula is C13H9BrCl2O. The van der Waals surface area contributed by atoms with Crippen LogP contribution in [0.5, 0.6) is 0 Å². The second-order valence-electron chi connectivity index (χ2n) is 3.59. The maximum Gasteiger partial charge on any atom is 0.107 e. The third-order valence-corrected chi connectivity index (χ3v) is 3.75. The van der Waals surface area contributed by atoms with Gasteiger partial charge in [-0.1, -0.05) is 57.3 Å². The zero-order valence-electron chi connectivity index (χ0n) is 8.70. The van der Waals surface area contributed by atoms with Crippen LogP contribution in [0.3, 0.4) is 0 Å². The third-order valence-electron chi connectivity index (χ3n) is 2.45. The molecule has 17 heavy (non-hydrogen) atoms. The predicted octanol–water partition coefficient (Wildman–Crippen LogP) is 4.84. The van der Waals surface area contributed by atoms with Gasteiger partial charge in [0.15, 0.2) is 0 Å². The quantitative estimate of drug-likeness (QED) is 0.835. The molecule has 0 saturated carbocycles. The zero-order chi connectivity index (χ0) is 12.4. The Morgan fingerprint density at radius 2 is 1.71 bits per heavy atom. The van der Waals surface area contributed by atoms with E-state index in [2.05, 4.69) is 15.9 Å². The van der Waals surface area contributed by atoms with Crippen molar-refractivity contribution in [3.63, 3.8) is 0 Å². The highest BCUT2D eigenvalue weighted by Gasteiger charge is 2.16. The summed E-state index contributed by atoms with van der Waals surface area (Å²) in [4.78, 5) is 0. The molecule has 2 rings (SSSR count). The van der Waals surface area contributed by atoms with Crippen molar-refractivity contribution in [1.29, 1.82) is 0 Å². The summed E-state index contributed by atoms with van der Waals surface area (Å²) in [6.45, 7) is 0. The molecule has 0 bridgehead atoms. The van der Waals surface area contributed by atoms with Gasteiger partial charge in [0.05, 0.1) is 0 Å². The predicted molar refractivity (Wildman–Crippen MR) is 74.7 cm³/mol. The van der Waals surface area contributed by atoms with Gasteiger partial charge >= 0.3 is 0 Å². The van der Waals surface area contributed by atoms with Crippen molar-refractivity contribution in [3.8, 4) is 0 Å². The Hall–Kier alpha value is -0.540. The molecule has 0 aliphatic heterocycles. The molecule has 0 spiro atoms. The largest absolute Gasteiger partial charge is 0.384 e. The minimum Gasteiger partial charge on any atom is -0.384 e. The Balaban J connectivity index is 2.47. The van der Waals surface area contributed by atoms with Crippen molar-refractivity contribution in [2.45, 2.75) is 6.10 Å². The van der Waals surface area contributed by atoms with Crippen LogP contribution in [0.4, 0.5) is 0 Å². The summed E-state index contributed by atoms with van der Waals surface area (Å²) in [5, 5.41) is 11.4. The van der Waals surface area contributed by atoms with Crippen molar-refractivity contribution in [1.82, 2.24) is 0 Å². The average Bonchev–Trinajstić information content (AvgIpc) is 2.32. The van der Waals surface area contributed by atoms with E-state index in [9.17, 15) is 5.11 Å². The van der Waals surface area contributed by atoms with Gasteiger partial charge in [-0.15, -0.1) is 0 Å². The lowest BCUT2D eigenvalue weighted by Crippen LogP contribution is -2.01. The first-order chi connectivity index (χ1) is 8.09. The van der Waals surface area contributed by atoms with E-state index in [1.165, 1.54) is 0 Å². The molecule has 2 aromatic rings. The SMILES string of the molecule is OC(c1ccccc1Cl)c1cc(Cl)ccc1Br. The molecular weight excluding hydrogens is 323 g/mol. The third kappa shape index (κ3) is 2.83. The lowest BCUT2D eigenvalue weighted by Gasteiger charge is -2.15. The average molecular weight is 332 g/mol. The second-order valence-corrected chi connectivity index (χ2v) is 5.29. The summed E-state index contributed by atoms with van der Waals surface area (Å²) in [5.41, 5.74) is 1.36. The first kappa shape index (κ1) is 12.9. The zero-order valence-corrected chi connectivity index (χ0v) is 11.8. The van der Waals surface area contributed by atoms with Crippen LogP contribution in [0.25, 0.3) is 0 Å². The van der Waals surface area contributed by atoms with Crippen molar-refractivity contribution in [2.75, 3.05) is 0 Å². The fourth-order valence-corrected chi connectivity index (χ4v) is 2.47. The van der Waals surface area contributed by atoms with Gasteiger partial charge in [-0.2, -0.15) is 0 Å². The van der Waals surface area contributed by atoms with Gasteiger partial charge < -0.3 is 5.11 Å². The van der Waals surface area contributed by atoms with Crippen LogP contribution in [0.1, 0.15) is 17.2 Å². The summed E-state index contributed by atoms with van der Waals surface area (Å²) < 4.78 is 0.800. The molecule has 0 aliphatic carbocycles. The highest BCUT2D eigenvalue weighted by Crippen LogP contribution is 2.33. The number of hydrogen-bond donors (Lipinski definition) is 1. The number of halogens is 3. The number of hydrogen-bond acceptors (Lipinski definition) is 1. The molecule has 4 heteroatoms. The van der Waals surface area contributed by atoms with Crippen LogP contribution in [0, 0.1) is 0 Å². The summed E-state index contributed by atoms with van der Waals surface area (Å²) in [6.07, 6.45) is -0.795. The summed E-state index contributed by atoms with van der Waals surface area (Å²) in [7, 11) is 0. The van der Waals surface area contributed by atoms with Gasteiger partial charge in [0.1, 0.15) is 6.10 Å². The minimum absolute atomic E-state index is 0.534. The number of aliphatic hydroxyl groups is 1. The van der Waals surface area contributed by atoms with Crippen LogP contribution in [-0.2, 0) is 0 Å². The van der Waals surface area contributed by atoms with Crippen molar-refractivity contribution < 1.29 is 5.11 Å². The Morgan fingerprint density at radius 3 is 2.41 bits per heavy atom. The number of rotatable bonds is 2. The van der Waals surface area contributed by atoms with Crippen LogP contribution < -0.4 is 0 Å². The van der Waals surface area contributed by atoms with Gasteiger partial charge in [0.25, 0.3) is 0 Å². The molecule has 1 N–H and O–H groups in total. The van der Waals surface area contributed by atoms with Gasteiger partial charge in [-0.3, -0.25) is 0 Å². The number of benzene rings is 2. The standard InChI is InChI=1S/C13H9BrCl2O/c14-11-6-5-8(15)7-10(11)13(17)9-3-1-2-4-12(9)16/h1-7,13,17H. The van der Waals surface area contributed by atoms with E-state index in [0.29, 0.717) is 21.2 Å². The Bertz CT molecular complexity index is 543. The van der Waals surface area contributed by atoms with E-state index in [-0.39, 0.29) is 0 Å². The molecule has 0 saturated heterocycles. The van der Waals surface area contributed by atoms with Gasteiger partial charge in [-0.05, 0) is 24.3 Å². The van der Waals surface area contributed by atoms with E-state index >= 15 is 0 Å². The summed E-state index contributed by atoms with van der Waals surface area (Å²) in [6, 6.07) is 12.5. The maximum atomic E-state index is 10.3. The Morgan fingerprint density at radius 1 is 1.00 bits per heavy atom. The molecule has 1 nitrogen and oxygen atoms in total. The monoisotopic (exact) mass is 330 g/mol. The van der Waals surface area contributed by atoms with E-state index in [1.54, 1.807) is 30.3 Å². The fourth-order valence-electron chi connectivity index (χ4n) is 1.59. The van der Waals surface area contributed by atoms with E-state index in [0.717, 1.165) is 4.47 Å². The Kier molecular flexibility index (Phi) is 4.10. The Labute approximate surface area is 118 Å². The van der Waals surface area contributed by atoms with E-state index < -0.39 is 6.10 Å². The topological polar surface area (TPSA) is 20.2 Å². The summed E-state index contributed by atoms with van der Waals surface area (Å²) in [5.74, 6) is 0. The molecule has 1 unspecified atom stereocenters. The van der Waals surface area contributed by atoms with Crippen LogP contribution in [0.15, 0.2) is 46.9 Å². The molecule has 0 radical (unpaired) electrons. The maximum absolute atomic E-state index is 10.3. The normalized spacial score (nSPS) is 12.5. The summed E-state index contributed by atoms with van der Waals surface area (Å²) >= 11 is 15.4. The molecule has 2 aromatic carbocycles. The minimum atomic E-state index is -0.795.